The highest BCUT2D eigenvalue weighted by Gasteiger charge is 2.42. The van der Waals surface area contributed by atoms with Gasteiger partial charge in [0.25, 0.3) is 0 Å². The minimum atomic E-state index is -4.52. The van der Waals surface area contributed by atoms with Gasteiger partial charge in [0.05, 0.1) is 0 Å². The van der Waals surface area contributed by atoms with Crippen molar-refractivity contribution < 1.29 is 18.0 Å². The number of halogens is 4. The van der Waals surface area contributed by atoms with E-state index in [1.165, 1.54) is 12.1 Å². The van der Waals surface area contributed by atoms with Crippen LogP contribution in [0.25, 0.3) is 11.1 Å². The fourth-order valence-electron chi connectivity index (χ4n) is 1.75. The first-order valence-electron chi connectivity index (χ1n) is 5.80. The van der Waals surface area contributed by atoms with Crippen LogP contribution in [-0.4, -0.2) is 15.9 Å². The molecule has 0 aliphatic carbocycles. The lowest BCUT2D eigenvalue weighted by Crippen LogP contribution is -2.30. The monoisotopic (exact) mass is 390 g/mol. The van der Waals surface area contributed by atoms with Crippen LogP contribution >= 0.6 is 22.6 Å². The van der Waals surface area contributed by atoms with E-state index in [1.54, 1.807) is 12.1 Å². The van der Waals surface area contributed by atoms with E-state index in [9.17, 15) is 18.0 Å². The predicted octanol–water partition coefficient (Wildman–Crippen LogP) is 4.90. The maximum Gasteiger partial charge on any atom is 0.407 e. The molecule has 1 nitrogen and oxygen atoms in total. The highest BCUT2D eigenvalue weighted by atomic mass is 127. The Morgan fingerprint density at radius 2 is 1.40 bits per heavy atom. The molecule has 2 aromatic rings. The van der Waals surface area contributed by atoms with Crippen molar-refractivity contribution in [3.05, 3.63) is 60.2 Å². The summed E-state index contributed by atoms with van der Waals surface area (Å²) in [5.41, 5.74) is 1.88. The zero-order valence-electron chi connectivity index (χ0n) is 10.2. The van der Waals surface area contributed by atoms with E-state index >= 15 is 0 Å². The lowest BCUT2D eigenvalue weighted by molar-refractivity contribution is -0.116. The van der Waals surface area contributed by atoms with Crippen molar-refractivity contribution in [2.24, 2.45) is 0 Å². The van der Waals surface area contributed by atoms with Crippen molar-refractivity contribution >= 4 is 28.4 Å². The Kier molecular flexibility index (Phi) is 4.47. The molecule has 1 atom stereocenters. The van der Waals surface area contributed by atoms with E-state index in [1.807, 2.05) is 30.3 Å². The van der Waals surface area contributed by atoms with Gasteiger partial charge in [-0.2, -0.15) is 13.2 Å². The molecule has 0 amide bonds. The molecule has 0 bridgehead atoms. The van der Waals surface area contributed by atoms with Gasteiger partial charge in [-0.1, -0.05) is 77.2 Å². The average Bonchev–Trinajstić information content (AvgIpc) is 2.46. The summed E-state index contributed by atoms with van der Waals surface area (Å²) in [5.74, 6) is -0.919. The van der Waals surface area contributed by atoms with Crippen molar-refractivity contribution in [2.45, 2.75) is 10.1 Å². The van der Waals surface area contributed by atoms with Crippen LogP contribution in [0.15, 0.2) is 54.6 Å². The molecule has 0 fully saturated rings. The molecule has 0 N–H and O–H groups in total. The summed E-state index contributed by atoms with van der Waals surface area (Å²) in [6.07, 6.45) is -4.52. The summed E-state index contributed by atoms with van der Waals surface area (Å²) in [6, 6.07) is 15.6. The summed E-state index contributed by atoms with van der Waals surface area (Å²) in [4.78, 5) is 11.7. The molecule has 104 valence electrons. The van der Waals surface area contributed by atoms with Gasteiger partial charge in [-0.05, 0) is 11.1 Å². The highest BCUT2D eigenvalue weighted by Crippen LogP contribution is 2.30. The maximum atomic E-state index is 12.5. The Bertz CT molecular complexity index is 591. The standard InChI is InChI=1S/C15H10F3IO/c16-15(17,18)14(19)13(20)12-8-6-11(7-9-12)10-4-2-1-3-5-10/h1-9,14H. The fourth-order valence-corrected chi connectivity index (χ4v) is 2.11. The van der Waals surface area contributed by atoms with Crippen molar-refractivity contribution in [3.8, 4) is 11.1 Å². The van der Waals surface area contributed by atoms with Crippen LogP contribution in [0, 0.1) is 0 Å². The molecule has 0 aliphatic heterocycles. The van der Waals surface area contributed by atoms with E-state index in [4.69, 9.17) is 0 Å². The summed E-state index contributed by atoms with van der Waals surface area (Å²) in [7, 11) is 0. The van der Waals surface area contributed by atoms with Gasteiger partial charge in [-0.3, -0.25) is 4.79 Å². The van der Waals surface area contributed by atoms with Crippen LogP contribution in [0.2, 0.25) is 0 Å². The molecule has 1 unspecified atom stereocenters. The number of hydrogen-bond acceptors (Lipinski definition) is 1. The van der Waals surface area contributed by atoms with E-state index in [-0.39, 0.29) is 5.56 Å². The van der Waals surface area contributed by atoms with Crippen LogP contribution in [0.1, 0.15) is 10.4 Å². The first kappa shape index (κ1) is 15.0. The number of alkyl halides is 4. The third kappa shape index (κ3) is 3.39. The molecule has 0 spiro atoms. The minimum absolute atomic E-state index is 0.0707. The van der Waals surface area contributed by atoms with Crippen molar-refractivity contribution in [1.29, 1.82) is 0 Å². The Labute approximate surface area is 128 Å². The Balaban J connectivity index is 2.23. The zero-order valence-corrected chi connectivity index (χ0v) is 12.4. The van der Waals surface area contributed by atoms with Gasteiger partial charge in [-0.25, -0.2) is 0 Å². The number of benzene rings is 2. The summed E-state index contributed by atoms with van der Waals surface area (Å²) < 4.78 is 35.5. The largest absolute Gasteiger partial charge is 0.407 e. The second-order valence-corrected chi connectivity index (χ2v) is 5.46. The minimum Gasteiger partial charge on any atom is -0.293 e. The maximum absolute atomic E-state index is 12.5. The molecule has 0 aliphatic rings. The molecule has 5 heteroatoms. The smallest absolute Gasteiger partial charge is 0.293 e. The Morgan fingerprint density at radius 3 is 1.90 bits per heavy atom. The molecular formula is C15H10F3IO. The van der Waals surface area contributed by atoms with E-state index < -0.39 is 15.9 Å². The van der Waals surface area contributed by atoms with Crippen LogP contribution in [0.4, 0.5) is 13.2 Å². The number of carbonyl (C=O) groups excluding carboxylic acids is 1. The first-order chi connectivity index (χ1) is 9.39. The number of carbonyl (C=O) groups is 1. The van der Waals surface area contributed by atoms with Crippen LogP contribution in [-0.2, 0) is 0 Å². The molecule has 0 aromatic heterocycles. The normalized spacial score (nSPS) is 13.0. The number of hydrogen-bond donors (Lipinski definition) is 0. The molecule has 0 saturated heterocycles. The van der Waals surface area contributed by atoms with Gasteiger partial charge in [0, 0.05) is 5.56 Å². The van der Waals surface area contributed by atoms with E-state index in [0.29, 0.717) is 0 Å². The predicted molar refractivity (Wildman–Crippen MR) is 80.1 cm³/mol. The summed E-state index contributed by atoms with van der Waals surface area (Å²) in [5, 5.41) is 0. The van der Waals surface area contributed by atoms with Gasteiger partial charge in [0.2, 0.25) is 0 Å². The summed E-state index contributed by atoms with van der Waals surface area (Å²) >= 11 is 1.12. The molecule has 0 heterocycles. The Morgan fingerprint density at radius 1 is 0.900 bits per heavy atom. The molecular weight excluding hydrogens is 380 g/mol. The number of Topliss-reactive ketones (excluding diaryl/α,β-unsaturated/α-hetero) is 1. The van der Waals surface area contributed by atoms with Crippen LogP contribution in [0.5, 0.6) is 0 Å². The average molecular weight is 390 g/mol. The lowest BCUT2D eigenvalue weighted by Gasteiger charge is -2.13. The SMILES string of the molecule is O=C(c1ccc(-c2ccccc2)cc1)C(I)C(F)(F)F. The quantitative estimate of drug-likeness (QED) is 0.414. The van der Waals surface area contributed by atoms with Gasteiger partial charge < -0.3 is 0 Å². The van der Waals surface area contributed by atoms with Crippen molar-refractivity contribution in [1.82, 2.24) is 0 Å². The van der Waals surface area contributed by atoms with E-state index in [2.05, 4.69) is 0 Å². The fraction of sp³-hybridized carbons (Fsp3) is 0.133. The van der Waals surface area contributed by atoms with Crippen LogP contribution < -0.4 is 0 Å². The van der Waals surface area contributed by atoms with E-state index in [0.717, 1.165) is 33.7 Å². The molecule has 20 heavy (non-hydrogen) atoms. The topological polar surface area (TPSA) is 17.1 Å². The van der Waals surface area contributed by atoms with Gasteiger partial charge >= 0.3 is 6.18 Å². The second kappa shape index (κ2) is 5.95. The molecule has 2 aromatic carbocycles. The third-order valence-corrected chi connectivity index (χ3v) is 4.07. The Hall–Kier alpha value is -1.37. The van der Waals surface area contributed by atoms with Gasteiger partial charge in [0.1, 0.15) is 0 Å². The summed E-state index contributed by atoms with van der Waals surface area (Å²) in [6.45, 7) is 0. The number of rotatable bonds is 3. The van der Waals surface area contributed by atoms with Gasteiger partial charge in [-0.15, -0.1) is 0 Å². The van der Waals surface area contributed by atoms with Crippen molar-refractivity contribution in [3.63, 3.8) is 0 Å². The lowest BCUT2D eigenvalue weighted by atomic mass is 10.0. The van der Waals surface area contributed by atoms with Crippen LogP contribution in [0.3, 0.4) is 0 Å². The number of ketones is 1. The molecule has 2 rings (SSSR count). The zero-order chi connectivity index (χ0) is 14.8. The van der Waals surface area contributed by atoms with Gasteiger partial charge in [0.15, 0.2) is 9.71 Å². The molecule has 0 saturated carbocycles. The second-order valence-electron chi connectivity index (χ2n) is 4.21. The highest BCUT2D eigenvalue weighted by molar-refractivity contribution is 14.1. The molecule has 0 radical (unpaired) electrons. The first-order valence-corrected chi connectivity index (χ1v) is 7.04. The van der Waals surface area contributed by atoms with Crippen molar-refractivity contribution in [2.75, 3.05) is 0 Å². The third-order valence-electron chi connectivity index (χ3n) is 2.79.